The van der Waals surface area contributed by atoms with Crippen LogP contribution in [-0.4, -0.2) is 15.0 Å². The lowest BCUT2D eigenvalue weighted by Crippen LogP contribution is -2.30. The quantitative estimate of drug-likeness (QED) is 0.847. The van der Waals surface area contributed by atoms with Crippen molar-refractivity contribution < 1.29 is 21.6 Å². The van der Waals surface area contributed by atoms with Gasteiger partial charge in [0, 0.05) is 6.54 Å². The molecule has 0 aliphatic heterocycles. The Morgan fingerprint density at radius 1 is 1.14 bits per heavy atom. The zero-order chi connectivity index (χ0) is 15.7. The van der Waals surface area contributed by atoms with Crippen molar-refractivity contribution >= 4 is 27.0 Å². The molecule has 0 aliphatic rings. The van der Waals surface area contributed by atoms with Crippen LogP contribution in [0.1, 0.15) is 12.5 Å². The van der Waals surface area contributed by atoms with Crippen LogP contribution in [0, 0.1) is 0 Å². The minimum absolute atomic E-state index is 0.131. The van der Waals surface area contributed by atoms with Crippen LogP contribution in [0.25, 0.3) is 0 Å². The molecule has 0 fully saturated rings. The second-order valence-electron chi connectivity index (χ2n) is 4.15. The molecular weight excluding hydrogens is 323 g/mol. The summed E-state index contributed by atoms with van der Waals surface area (Å²) in [7, 11) is -3.74. The zero-order valence-electron chi connectivity index (χ0n) is 11.0. The first-order chi connectivity index (χ1) is 9.76. The van der Waals surface area contributed by atoms with E-state index in [1.165, 1.54) is 6.07 Å². The fourth-order valence-electron chi connectivity index (χ4n) is 1.83. The number of halogens is 3. The maximum absolute atomic E-state index is 12.5. The Bertz CT molecular complexity index is 692. The van der Waals surface area contributed by atoms with Crippen molar-refractivity contribution in [3.05, 3.63) is 47.3 Å². The summed E-state index contributed by atoms with van der Waals surface area (Å²) in [6.45, 7) is 1.76. The lowest BCUT2D eigenvalue weighted by molar-refractivity contribution is -0.137. The number of benzene rings is 1. The molecule has 1 aromatic carbocycles. The number of hydrogen-bond acceptors (Lipinski definition) is 3. The van der Waals surface area contributed by atoms with Gasteiger partial charge in [-0.05, 0) is 42.6 Å². The standard InChI is InChI=1S/C13H12F3NO2S2/c1-2-17(21(18,19)12-4-3-9-20-12)11-7-5-10(6-8-11)13(14,15)16/h3-9H,2H2,1H3. The molecule has 21 heavy (non-hydrogen) atoms. The first kappa shape index (κ1) is 15.8. The fourth-order valence-corrected chi connectivity index (χ4v) is 4.41. The van der Waals surface area contributed by atoms with E-state index in [0.29, 0.717) is 0 Å². The Labute approximate surface area is 124 Å². The van der Waals surface area contributed by atoms with Gasteiger partial charge in [-0.3, -0.25) is 4.31 Å². The van der Waals surface area contributed by atoms with Crippen LogP contribution in [0.2, 0.25) is 0 Å². The van der Waals surface area contributed by atoms with E-state index in [9.17, 15) is 21.6 Å². The molecule has 0 amide bonds. The van der Waals surface area contributed by atoms with E-state index in [4.69, 9.17) is 0 Å². The number of alkyl halides is 3. The molecule has 0 atom stereocenters. The molecule has 0 N–H and O–H groups in total. The van der Waals surface area contributed by atoms with Gasteiger partial charge in [-0.1, -0.05) is 6.07 Å². The molecule has 2 rings (SSSR count). The van der Waals surface area contributed by atoms with Gasteiger partial charge in [0.2, 0.25) is 0 Å². The number of anilines is 1. The van der Waals surface area contributed by atoms with E-state index >= 15 is 0 Å². The largest absolute Gasteiger partial charge is 0.416 e. The topological polar surface area (TPSA) is 37.4 Å². The molecular formula is C13H12F3NO2S2. The summed E-state index contributed by atoms with van der Waals surface area (Å²) in [4.78, 5) is 0. The van der Waals surface area contributed by atoms with Crippen molar-refractivity contribution in [2.24, 2.45) is 0 Å². The van der Waals surface area contributed by atoms with Crippen LogP contribution < -0.4 is 4.31 Å². The number of sulfonamides is 1. The van der Waals surface area contributed by atoms with Crippen molar-refractivity contribution in [1.82, 2.24) is 0 Å². The minimum atomic E-state index is -4.44. The van der Waals surface area contributed by atoms with Gasteiger partial charge in [0.1, 0.15) is 4.21 Å². The average Bonchev–Trinajstić information content (AvgIpc) is 2.93. The summed E-state index contributed by atoms with van der Waals surface area (Å²) < 4.78 is 63.7. The number of nitrogens with zero attached hydrogens (tertiary/aromatic N) is 1. The van der Waals surface area contributed by atoms with E-state index < -0.39 is 21.8 Å². The SMILES string of the molecule is CCN(c1ccc(C(F)(F)F)cc1)S(=O)(=O)c1cccs1. The van der Waals surface area contributed by atoms with Gasteiger partial charge >= 0.3 is 6.18 Å². The summed E-state index contributed by atoms with van der Waals surface area (Å²) in [5, 5.41) is 1.63. The number of rotatable bonds is 4. The van der Waals surface area contributed by atoms with Gasteiger partial charge in [-0.2, -0.15) is 13.2 Å². The van der Waals surface area contributed by atoms with Crippen molar-refractivity contribution in [3.8, 4) is 0 Å². The van der Waals surface area contributed by atoms with Gasteiger partial charge in [0.15, 0.2) is 0 Å². The van der Waals surface area contributed by atoms with Crippen molar-refractivity contribution in [1.29, 1.82) is 0 Å². The normalized spacial score (nSPS) is 12.4. The van der Waals surface area contributed by atoms with E-state index in [1.807, 2.05) is 0 Å². The molecule has 0 aliphatic carbocycles. The molecule has 0 saturated carbocycles. The highest BCUT2D eigenvalue weighted by Crippen LogP contribution is 2.32. The molecule has 3 nitrogen and oxygen atoms in total. The van der Waals surface area contributed by atoms with Gasteiger partial charge in [0.05, 0.1) is 11.3 Å². The third-order valence-corrected chi connectivity index (χ3v) is 6.09. The second-order valence-corrected chi connectivity index (χ2v) is 7.18. The van der Waals surface area contributed by atoms with Crippen LogP contribution in [0.15, 0.2) is 46.0 Å². The summed E-state index contributed by atoms with van der Waals surface area (Å²) in [5.74, 6) is 0. The Hall–Kier alpha value is -1.54. The lowest BCUT2D eigenvalue weighted by atomic mass is 10.2. The van der Waals surface area contributed by atoms with Crippen LogP contribution in [-0.2, 0) is 16.2 Å². The Morgan fingerprint density at radius 2 is 1.76 bits per heavy atom. The number of thiophene rings is 1. The van der Waals surface area contributed by atoms with Crippen molar-refractivity contribution in [2.45, 2.75) is 17.3 Å². The highest BCUT2D eigenvalue weighted by atomic mass is 32.2. The third kappa shape index (κ3) is 3.21. The van der Waals surface area contributed by atoms with Gasteiger partial charge in [-0.15, -0.1) is 11.3 Å². The molecule has 2 aromatic rings. The average molecular weight is 335 g/mol. The molecule has 0 saturated heterocycles. The van der Waals surface area contributed by atoms with Gasteiger partial charge < -0.3 is 0 Å². The second kappa shape index (κ2) is 5.69. The Kier molecular flexibility index (Phi) is 4.29. The predicted octanol–water partition coefficient (Wildman–Crippen LogP) is 3.98. The first-order valence-corrected chi connectivity index (χ1v) is 8.32. The molecule has 0 spiro atoms. The van der Waals surface area contributed by atoms with Crippen molar-refractivity contribution in [2.75, 3.05) is 10.8 Å². The highest BCUT2D eigenvalue weighted by Gasteiger charge is 2.31. The maximum Gasteiger partial charge on any atom is 0.416 e. The van der Waals surface area contributed by atoms with E-state index in [-0.39, 0.29) is 16.4 Å². The Balaban J connectivity index is 2.39. The molecule has 0 unspecified atom stereocenters. The first-order valence-electron chi connectivity index (χ1n) is 6.00. The smallest absolute Gasteiger partial charge is 0.266 e. The van der Waals surface area contributed by atoms with Crippen molar-refractivity contribution in [3.63, 3.8) is 0 Å². The lowest BCUT2D eigenvalue weighted by Gasteiger charge is -2.22. The summed E-state index contributed by atoms with van der Waals surface area (Å²) in [6, 6.07) is 7.16. The van der Waals surface area contributed by atoms with E-state index in [0.717, 1.165) is 39.9 Å². The fraction of sp³-hybridized carbons (Fsp3) is 0.231. The molecule has 0 bridgehead atoms. The van der Waals surface area contributed by atoms with E-state index in [2.05, 4.69) is 0 Å². The van der Waals surface area contributed by atoms with Crippen LogP contribution in [0.5, 0.6) is 0 Å². The van der Waals surface area contributed by atoms with Crippen LogP contribution in [0.3, 0.4) is 0 Å². The monoisotopic (exact) mass is 335 g/mol. The Morgan fingerprint density at radius 3 is 2.19 bits per heavy atom. The van der Waals surface area contributed by atoms with Crippen LogP contribution in [0.4, 0.5) is 18.9 Å². The summed E-state index contributed by atoms with van der Waals surface area (Å²) in [6.07, 6.45) is -4.44. The van der Waals surface area contributed by atoms with Crippen LogP contribution >= 0.6 is 11.3 Å². The molecule has 0 radical (unpaired) electrons. The van der Waals surface area contributed by atoms with Gasteiger partial charge in [0.25, 0.3) is 10.0 Å². The highest BCUT2D eigenvalue weighted by molar-refractivity contribution is 7.94. The number of hydrogen-bond donors (Lipinski definition) is 0. The zero-order valence-corrected chi connectivity index (χ0v) is 12.6. The molecule has 1 aromatic heterocycles. The maximum atomic E-state index is 12.5. The van der Waals surface area contributed by atoms with Gasteiger partial charge in [-0.25, -0.2) is 8.42 Å². The molecule has 1 heterocycles. The van der Waals surface area contributed by atoms with E-state index in [1.54, 1.807) is 18.4 Å². The summed E-state index contributed by atoms with van der Waals surface area (Å²) >= 11 is 1.07. The minimum Gasteiger partial charge on any atom is -0.266 e. The summed E-state index contributed by atoms with van der Waals surface area (Å²) in [5.41, 5.74) is -0.602. The predicted molar refractivity (Wildman–Crippen MR) is 76.0 cm³/mol. The molecule has 8 heteroatoms. The molecule has 114 valence electrons. The third-order valence-electron chi connectivity index (χ3n) is 2.81.